The van der Waals surface area contributed by atoms with Gasteiger partial charge in [0.15, 0.2) is 0 Å². The molecule has 0 radical (unpaired) electrons. The van der Waals surface area contributed by atoms with Crippen LogP contribution in [0.1, 0.15) is 13.8 Å². The minimum absolute atomic E-state index is 0.0499. The summed E-state index contributed by atoms with van der Waals surface area (Å²) in [6.07, 6.45) is 0. The molecule has 0 bridgehead atoms. The number of rotatable bonds is 4. The Labute approximate surface area is 104 Å². The van der Waals surface area contributed by atoms with Crippen molar-refractivity contribution in [2.45, 2.75) is 32.5 Å². The molecule has 1 aromatic rings. The monoisotopic (exact) mass is 251 g/mol. The smallest absolute Gasteiger partial charge is 0.306 e. The molecule has 0 fully saturated rings. The van der Waals surface area contributed by atoms with E-state index in [1.807, 2.05) is 38.1 Å². The lowest BCUT2D eigenvalue weighted by molar-refractivity contribution is -0.142. The summed E-state index contributed by atoms with van der Waals surface area (Å²) in [6, 6.07) is 7.83. The number of carbonyl (C=O) groups is 1. The molecule has 0 amide bonds. The molecule has 17 heavy (non-hydrogen) atoms. The molecule has 0 aliphatic rings. The van der Waals surface area contributed by atoms with Gasteiger partial charge in [-0.2, -0.15) is 0 Å². The molecule has 0 aliphatic carbocycles. The number of anilines is 1. The van der Waals surface area contributed by atoms with Crippen LogP contribution in [0.5, 0.6) is 0 Å². The minimum atomic E-state index is -1.84. The Morgan fingerprint density at radius 3 is 2.35 bits per heavy atom. The highest BCUT2D eigenvalue weighted by molar-refractivity contribution is 6.93. The molecule has 0 aliphatic heterocycles. The zero-order chi connectivity index (χ0) is 13.1. The molecule has 0 aromatic heterocycles. The van der Waals surface area contributed by atoms with Crippen molar-refractivity contribution < 1.29 is 9.53 Å². The van der Waals surface area contributed by atoms with Crippen molar-refractivity contribution in [3.05, 3.63) is 24.3 Å². The highest BCUT2D eigenvalue weighted by Gasteiger charge is 2.36. The van der Waals surface area contributed by atoms with Crippen LogP contribution in [0.2, 0.25) is 18.6 Å². The Balaban J connectivity index is 2.93. The fourth-order valence-corrected chi connectivity index (χ4v) is 3.92. The summed E-state index contributed by atoms with van der Waals surface area (Å²) in [5.74, 6) is -0.0963. The predicted molar refractivity (Wildman–Crippen MR) is 74.0 cm³/mol. The van der Waals surface area contributed by atoms with Crippen molar-refractivity contribution >= 4 is 24.9 Å². The van der Waals surface area contributed by atoms with Gasteiger partial charge in [0.1, 0.15) is 0 Å². The van der Waals surface area contributed by atoms with Crippen molar-refractivity contribution in [3.63, 3.8) is 0 Å². The van der Waals surface area contributed by atoms with Crippen LogP contribution in [0.3, 0.4) is 0 Å². The van der Waals surface area contributed by atoms with Crippen LogP contribution < -0.4 is 10.9 Å². The van der Waals surface area contributed by atoms with Crippen LogP contribution >= 0.6 is 0 Å². The van der Waals surface area contributed by atoms with Crippen LogP contribution in [0, 0.1) is 0 Å². The lowest BCUT2D eigenvalue weighted by atomic mass is 10.3. The van der Waals surface area contributed by atoms with Gasteiger partial charge in [0.05, 0.1) is 20.2 Å². The van der Waals surface area contributed by atoms with Gasteiger partial charge >= 0.3 is 5.97 Å². The molecule has 2 N–H and O–H groups in total. The first-order valence-electron chi connectivity index (χ1n) is 5.92. The van der Waals surface area contributed by atoms with Crippen molar-refractivity contribution in [2.24, 2.45) is 0 Å². The molecule has 0 spiro atoms. The largest absolute Gasteiger partial charge is 0.466 e. The van der Waals surface area contributed by atoms with Crippen LogP contribution in [-0.2, 0) is 9.53 Å². The number of nitrogens with two attached hydrogens (primary N) is 1. The zero-order valence-electron chi connectivity index (χ0n) is 11.0. The molecule has 3 nitrogen and oxygen atoms in total. The molecular formula is C13H21NO2Si. The maximum atomic E-state index is 11.8. The molecule has 4 heteroatoms. The Hall–Kier alpha value is -1.29. The summed E-state index contributed by atoms with van der Waals surface area (Å²) in [4.78, 5) is 11.8. The summed E-state index contributed by atoms with van der Waals surface area (Å²) < 4.78 is 5.11. The summed E-state index contributed by atoms with van der Waals surface area (Å²) >= 11 is 0. The van der Waals surface area contributed by atoms with E-state index in [0.29, 0.717) is 6.61 Å². The van der Waals surface area contributed by atoms with E-state index in [2.05, 4.69) is 13.1 Å². The molecule has 1 rings (SSSR count). The highest BCUT2D eigenvalue weighted by Crippen LogP contribution is 2.23. The number of carbonyl (C=O) groups excluding carboxylic acids is 1. The Morgan fingerprint density at radius 2 is 1.88 bits per heavy atom. The van der Waals surface area contributed by atoms with Crippen molar-refractivity contribution in [1.82, 2.24) is 0 Å². The fourth-order valence-electron chi connectivity index (χ4n) is 1.72. The van der Waals surface area contributed by atoms with E-state index in [0.717, 1.165) is 5.69 Å². The number of ether oxygens (including phenoxy) is 1. The lowest BCUT2D eigenvalue weighted by Crippen LogP contribution is -2.48. The van der Waals surface area contributed by atoms with Gasteiger partial charge in [-0.3, -0.25) is 4.79 Å². The first-order chi connectivity index (χ1) is 7.89. The zero-order valence-corrected chi connectivity index (χ0v) is 12.0. The van der Waals surface area contributed by atoms with Crippen molar-refractivity contribution in [2.75, 3.05) is 12.3 Å². The second kappa shape index (κ2) is 5.36. The van der Waals surface area contributed by atoms with E-state index in [4.69, 9.17) is 10.5 Å². The van der Waals surface area contributed by atoms with Crippen molar-refractivity contribution in [1.29, 1.82) is 0 Å². The average Bonchev–Trinajstić information content (AvgIpc) is 2.29. The van der Waals surface area contributed by atoms with Crippen LogP contribution in [0.4, 0.5) is 5.69 Å². The van der Waals surface area contributed by atoms with Gasteiger partial charge in [-0.25, -0.2) is 0 Å². The first-order valence-corrected chi connectivity index (χ1v) is 9.00. The third-order valence-electron chi connectivity index (χ3n) is 3.38. The molecule has 1 atom stereocenters. The van der Waals surface area contributed by atoms with Gasteiger partial charge in [0.2, 0.25) is 0 Å². The van der Waals surface area contributed by atoms with Gasteiger partial charge in [0, 0.05) is 5.69 Å². The summed E-state index contributed by atoms with van der Waals surface area (Å²) in [7, 11) is -1.84. The summed E-state index contributed by atoms with van der Waals surface area (Å²) in [5, 5.41) is 1.23. The molecule has 1 aromatic carbocycles. The fraction of sp³-hybridized carbons (Fsp3) is 0.462. The topological polar surface area (TPSA) is 52.3 Å². The second-order valence-corrected chi connectivity index (χ2v) is 9.70. The average molecular weight is 251 g/mol. The standard InChI is InChI=1S/C13H21NO2Si/c1-5-16-13(15)10(2)17(3,4)12-8-6-11(14)7-9-12/h6-10H,5,14H2,1-4H3. The molecule has 1 unspecified atom stereocenters. The van der Waals surface area contributed by atoms with E-state index in [-0.39, 0.29) is 11.5 Å². The quantitative estimate of drug-likeness (QED) is 0.507. The second-order valence-electron chi connectivity index (χ2n) is 4.82. The lowest BCUT2D eigenvalue weighted by Gasteiger charge is -2.28. The third-order valence-corrected chi connectivity index (χ3v) is 7.60. The summed E-state index contributed by atoms with van der Waals surface area (Å²) in [6.45, 7) is 8.60. The maximum absolute atomic E-state index is 11.8. The Kier molecular flexibility index (Phi) is 4.34. The van der Waals surface area contributed by atoms with E-state index < -0.39 is 8.07 Å². The number of nitrogen functional groups attached to an aromatic ring is 1. The number of hydrogen-bond donors (Lipinski definition) is 1. The van der Waals surface area contributed by atoms with E-state index in [1.165, 1.54) is 5.19 Å². The predicted octanol–water partition coefficient (Wildman–Crippen LogP) is 2.14. The van der Waals surface area contributed by atoms with Gasteiger partial charge < -0.3 is 10.5 Å². The van der Waals surface area contributed by atoms with Gasteiger partial charge in [-0.05, 0) is 19.1 Å². The van der Waals surface area contributed by atoms with Gasteiger partial charge in [-0.15, -0.1) is 0 Å². The number of esters is 1. The Morgan fingerprint density at radius 1 is 1.35 bits per heavy atom. The molecule has 0 saturated heterocycles. The SMILES string of the molecule is CCOC(=O)C(C)[Si](C)(C)c1ccc(N)cc1. The van der Waals surface area contributed by atoms with Gasteiger partial charge in [-0.1, -0.05) is 37.3 Å². The highest BCUT2D eigenvalue weighted by atomic mass is 28.3. The molecule has 94 valence electrons. The number of hydrogen-bond acceptors (Lipinski definition) is 3. The van der Waals surface area contributed by atoms with E-state index in [9.17, 15) is 4.79 Å². The third kappa shape index (κ3) is 3.09. The molecule has 0 saturated carbocycles. The van der Waals surface area contributed by atoms with Crippen molar-refractivity contribution in [3.8, 4) is 0 Å². The maximum Gasteiger partial charge on any atom is 0.306 e. The normalized spacial score (nSPS) is 13.2. The van der Waals surface area contributed by atoms with Crippen LogP contribution in [0.15, 0.2) is 24.3 Å². The minimum Gasteiger partial charge on any atom is -0.466 e. The molecular weight excluding hydrogens is 230 g/mol. The number of benzene rings is 1. The Bertz CT molecular complexity index is 387. The van der Waals surface area contributed by atoms with Crippen LogP contribution in [0.25, 0.3) is 0 Å². The van der Waals surface area contributed by atoms with Crippen LogP contribution in [-0.4, -0.2) is 20.7 Å². The first kappa shape index (κ1) is 13.8. The molecule has 0 heterocycles. The van der Waals surface area contributed by atoms with E-state index in [1.54, 1.807) is 0 Å². The summed E-state index contributed by atoms with van der Waals surface area (Å²) in [5.41, 5.74) is 6.38. The van der Waals surface area contributed by atoms with E-state index >= 15 is 0 Å². The van der Waals surface area contributed by atoms with Gasteiger partial charge in [0.25, 0.3) is 0 Å².